The van der Waals surface area contributed by atoms with Crippen LogP contribution in [0, 0.1) is 23.4 Å². The van der Waals surface area contributed by atoms with E-state index in [-0.39, 0.29) is 5.92 Å². The molecule has 0 aliphatic rings. The lowest BCUT2D eigenvalue weighted by molar-refractivity contribution is -0.244. The highest BCUT2D eigenvalue weighted by Crippen LogP contribution is 2.34. The van der Waals surface area contributed by atoms with Crippen molar-refractivity contribution in [3.8, 4) is 0 Å². The standard InChI is InChI=1S/C24H39F3O2/c1-5-7-8-9-10-11-15-20(24(6-2,28-3)29-4)16-13-12-14-19-17-21(25)23(27)22(26)18-19/h17-18,20H,5-16H2,1-4H3. The number of aryl methyl sites for hydroxylation is 1. The molecule has 1 atom stereocenters. The van der Waals surface area contributed by atoms with Gasteiger partial charge in [0.2, 0.25) is 0 Å². The molecule has 168 valence electrons. The summed E-state index contributed by atoms with van der Waals surface area (Å²) in [6.07, 6.45) is 12.4. The highest BCUT2D eigenvalue weighted by molar-refractivity contribution is 5.19. The molecule has 0 aliphatic heterocycles. The summed E-state index contributed by atoms with van der Waals surface area (Å²) in [5.41, 5.74) is 0.495. The summed E-state index contributed by atoms with van der Waals surface area (Å²) in [7, 11) is 3.40. The zero-order chi connectivity index (χ0) is 21.7. The molecule has 0 spiro atoms. The lowest BCUT2D eigenvalue weighted by Crippen LogP contribution is -2.41. The first-order chi connectivity index (χ1) is 13.9. The summed E-state index contributed by atoms with van der Waals surface area (Å²) in [6, 6.07) is 2.18. The van der Waals surface area contributed by atoms with Gasteiger partial charge < -0.3 is 9.47 Å². The van der Waals surface area contributed by atoms with Gasteiger partial charge >= 0.3 is 0 Å². The van der Waals surface area contributed by atoms with Crippen LogP contribution in [0.5, 0.6) is 0 Å². The topological polar surface area (TPSA) is 18.5 Å². The molecule has 0 bridgehead atoms. The van der Waals surface area contributed by atoms with Gasteiger partial charge in [0, 0.05) is 20.1 Å². The van der Waals surface area contributed by atoms with Gasteiger partial charge in [-0.1, -0.05) is 58.8 Å². The molecule has 0 saturated carbocycles. The normalized spacial score (nSPS) is 13.1. The van der Waals surface area contributed by atoms with E-state index in [1.165, 1.54) is 32.1 Å². The predicted octanol–water partition coefficient (Wildman–Crippen LogP) is 7.58. The van der Waals surface area contributed by atoms with Gasteiger partial charge in [-0.3, -0.25) is 0 Å². The van der Waals surface area contributed by atoms with Gasteiger partial charge in [0.25, 0.3) is 0 Å². The number of ether oxygens (including phenoxy) is 2. The Hall–Kier alpha value is -1.07. The second-order valence-electron chi connectivity index (χ2n) is 7.95. The average Bonchev–Trinajstić information content (AvgIpc) is 2.72. The summed E-state index contributed by atoms with van der Waals surface area (Å²) in [5.74, 6) is -3.96. The zero-order valence-electron chi connectivity index (χ0n) is 18.7. The second kappa shape index (κ2) is 14.0. The summed E-state index contributed by atoms with van der Waals surface area (Å²) in [5, 5.41) is 0. The zero-order valence-corrected chi connectivity index (χ0v) is 18.7. The first-order valence-electron chi connectivity index (χ1n) is 11.2. The molecule has 1 aromatic carbocycles. The minimum Gasteiger partial charge on any atom is -0.353 e. The van der Waals surface area contributed by atoms with E-state index in [0.717, 1.165) is 50.7 Å². The van der Waals surface area contributed by atoms with Crippen LogP contribution < -0.4 is 0 Å². The van der Waals surface area contributed by atoms with E-state index in [1.54, 1.807) is 14.2 Å². The molecule has 1 aromatic rings. The number of methoxy groups -OCH3 is 2. The van der Waals surface area contributed by atoms with Gasteiger partial charge in [-0.05, 0) is 49.8 Å². The molecule has 1 rings (SSSR count). The van der Waals surface area contributed by atoms with Gasteiger partial charge in [-0.15, -0.1) is 0 Å². The van der Waals surface area contributed by atoms with Gasteiger partial charge in [0.1, 0.15) is 0 Å². The molecule has 5 heteroatoms. The van der Waals surface area contributed by atoms with Gasteiger partial charge in [-0.25, -0.2) is 13.2 Å². The molecular formula is C24H39F3O2. The highest BCUT2D eigenvalue weighted by Gasteiger charge is 2.36. The number of benzene rings is 1. The van der Waals surface area contributed by atoms with E-state index in [0.29, 0.717) is 12.0 Å². The third-order valence-corrected chi connectivity index (χ3v) is 6.02. The van der Waals surface area contributed by atoms with E-state index in [9.17, 15) is 13.2 Å². The Kier molecular flexibility index (Phi) is 12.6. The Labute approximate surface area is 175 Å². The number of unbranched alkanes of at least 4 members (excludes halogenated alkanes) is 6. The van der Waals surface area contributed by atoms with Gasteiger partial charge in [0.15, 0.2) is 23.2 Å². The van der Waals surface area contributed by atoms with E-state index < -0.39 is 23.2 Å². The molecule has 0 N–H and O–H groups in total. The van der Waals surface area contributed by atoms with Gasteiger partial charge in [-0.2, -0.15) is 0 Å². The average molecular weight is 417 g/mol. The number of halogens is 3. The van der Waals surface area contributed by atoms with Crippen LogP contribution >= 0.6 is 0 Å². The SMILES string of the molecule is CCCCCCCCC(CCCCc1cc(F)c(F)c(F)c1)C(CC)(OC)OC. The summed E-state index contributed by atoms with van der Waals surface area (Å²) < 4.78 is 51.4. The molecule has 0 heterocycles. The molecule has 29 heavy (non-hydrogen) atoms. The van der Waals surface area contributed by atoms with Crippen molar-refractivity contribution in [3.05, 3.63) is 35.1 Å². The minimum atomic E-state index is -1.40. The van der Waals surface area contributed by atoms with Crippen LogP contribution in [0.15, 0.2) is 12.1 Å². The van der Waals surface area contributed by atoms with Crippen LogP contribution in [-0.4, -0.2) is 20.0 Å². The third kappa shape index (κ3) is 8.29. The van der Waals surface area contributed by atoms with E-state index in [4.69, 9.17) is 9.47 Å². The Balaban J connectivity index is 2.57. The van der Waals surface area contributed by atoms with Crippen molar-refractivity contribution < 1.29 is 22.6 Å². The van der Waals surface area contributed by atoms with Crippen molar-refractivity contribution in [3.63, 3.8) is 0 Å². The molecule has 0 aliphatic carbocycles. The second-order valence-corrected chi connectivity index (χ2v) is 7.95. The fourth-order valence-electron chi connectivity index (χ4n) is 4.22. The maximum Gasteiger partial charge on any atom is 0.194 e. The lowest BCUT2D eigenvalue weighted by Gasteiger charge is -2.38. The Morgan fingerprint density at radius 3 is 1.83 bits per heavy atom. The largest absolute Gasteiger partial charge is 0.353 e. The van der Waals surface area contributed by atoms with Crippen molar-refractivity contribution in [1.82, 2.24) is 0 Å². The molecule has 0 saturated heterocycles. The molecule has 0 aromatic heterocycles. The minimum absolute atomic E-state index is 0.273. The fourth-order valence-corrected chi connectivity index (χ4v) is 4.22. The maximum atomic E-state index is 13.4. The lowest BCUT2D eigenvalue weighted by atomic mass is 9.85. The van der Waals surface area contributed by atoms with Crippen molar-refractivity contribution >= 4 is 0 Å². The maximum absolute atomic E-state index is 13.4. The molecule has 0 radical (unpaired) electrons. The molecule has 0 fully saturated rings. The van der Waals surface area contributed by atoms with Crippen molar-refractivity contribution in [2.75, 3.05) is 14.2 Å². The van der Waals surface area contributed by atoms with Crippen molar-refractivity contribution in [1.29, 1.82) is 0 Å². The Morgan fingerprint density at radius 1 is 0.793 bits per heavy atom. The Morgan fingerprint density at radius 2 is 1.31 bits per heavy atom. The van der Waals surface area contributed by atoms with Crippen LogP contribution in [0.3, 0.4) is 0 Å². The predicted molar refractivity (Wildman–Crippen MR) is 112 cm³/mol. The number of hydrogen-bond acceptors (Lipinski definition) is 2. The van der Waals surface area contributed by atoms with Crippen LogP contribution in [0.1, 0.15) is 90.0 Å². The number of hydrogen-bond donors (Lipinski definition) is 0. The molecular weight excluding hydrogens is 377 g/mol. The monoisotopic (exact) mass is 416 g/mol. The van der Waals surface area contributed by atoms with E-state index in [2.05, 4.69) is 13.8 Å². The quantitative estimate of drug-likeness (QED) is 0.157. The first kappa shape index (κ1) is 26.0. The van der Waals surface area contributed by atoms with Crippen LogP contribution in [0.4, 0.5) is 13.2 Å². The smallest absolute Gasteiger partial charge is 0.194 e. The fraction of sp³-hybridized carbons (Fsp3) is 0.750. The molecule has 1 unspecified atom stereocenters. The van der Waals surface area contributed by atoms with Crippen molar-refractivity contribution in [2.45, 2.75) is 96.7 Å². The Bertz CT molecular complexity index is 542. The summed E-state index contributed by atoms with van der Waals surface area (Å²) in [4.78, 5) is 0. The van der Waals surface area contributed by atoms with Crippen LogP contribution in [-0.2, 0) is 15.9 Å². The molecule has 0 amide bonds. The van der Waals surface area contributed by atoms with Gasteiger partial charge in [0.05, 0.1) is 0 Å². The summed E-state index contributed by atoms with van der Waals surface area (Å²) >= 11 is 0. The first-order valence-corrected chi connectivity index (χ1v) is 11.2. The third-order valence-electron chi connectivity index (χ3n) is 6.02. The number of rotatable bonds is 16. The summed E-state index contributed by atoms with van der Waals surface area (Å²) in [6.45, 7) is 4.29. The van der Waals surface area contributed by atoms with Crippen LogP contribution in [0.2, 0.25) is 0 Å². The van der Waals surface area contributed by atoms with E-state index in [1.807, 2.05) is 0 Å². The highest BCUT2D eigenvalue weighted by atomic mass is 19.2. The van der Waals surface area contributed by atoms with Crippen LogP contribution in [0.25, 0.3) is 0 Å². The molecule has 2 nitrogen and oxygen atoms in total. The van der Waals surface area contributed by atoms with Crippen molar-refractivity contribution in [2.24, 2.45) is 5.92 Å². The van der Waals surface area contributed by atoms with E-state index >= 15 is 0 Å².